The maximum Gasteiger partial charge on any atom is 0.234 e. The Hall–Kier alpha value is -5.03. The Labute approximate surface area is 225 Å². The third-order valence-corrected chi connectivity index (χ3v) is 8.00. The minimum absolute atomic E-state index is 0.273. The highest BCUT2D eigenvalue weighted by Gasteiger charge is 2.21. The number of hydrogen-bond donors (Lipinski definition) is 0. The van der Waals surface area contributed by atoms with Crippen molar-refractivity contribution in [2.24, 2.45) is 5.92 Å². The van der Waals surface area contributed by atoms with Crippen molar-refractivity contribution < 1.29 is 0 Å². The molecule has 0 spiro atoms. The molecule has 186 valence electrons. The summed E-state index contributed by atoms with van der Waals surface area (Å²) < 4.78 is 4.36. The van der Waals surface area contributed by atoms with Crippen LogP contribution >= 0.6 is 0 Å². The van der Waals surface area contributed by atoms with Crippen LogP contribution < -0.4 is 0 Å². The van der Waals surface area contributed by atoms with Gasteiger partial charge in [-0.15, -0.1) is 0 Å². The zero-order chi connectivity index (χ0) is 25.9. The van der Waals surface area contributed by atoms with Gasteiger partial charge in [-0.3, -0.25) is 9.55 Å². The molecule has 4 heterocycles. The summed E-state index contributed by atoms with van der Waals surface area (Å²) in [4.78, 5) is 14.7. The molecule has 0 radical (unpaired) electrons. The Morgan fingerprint density at radius 1 is 0.564 bits per heavy atom. The largest absolute Gasteiger partial charge is 0.305 e. The summed E-state index contributed by atoms with van der Waals surface area (Å²) in [6.45, 7) is 2.25. The Morgan fingerprint density at radius 3 is 1.77 bits per heavy atom. The van der Waals surface area contributed by atoms with E-state index < -0.39 is 0 Å². The lowest BCUT2D eigenvalue weighted by Gasteiger charge is -2.20. The van der Waals surface area contributed by atoms with Crippen molar-refractivity contribution in [1.29, 1.82) is 0 Å². The summed E-state index contributed by atoms with van der Waals surface area (Å²) in [5.74, 6) is 1.34. The first-order chi connectivity index (χ1) is 19.3. The predicted octanol–water partition coefficient (Wildman–Crippen LogP) is 7.91. The monoisotopic (exact) mass is 503 g/mol. The highest BCUT2D eigenvalue weighted by Crippen LogP contribution is 2.36. The lowest BCUT2D eigenvalue weighted by molar-refractivity contribution is 0.621. The minimum Gasteiger partial charge on any atom is -0.305 e. The summed E-state index contributed by atoms with van der Waals surface area (Å²) in [6, 6.07) is 27.6. The normalized spacial score (nSPS) is 17.2. The molecule has 0 fully saturated rings. The molecular formula is C34H25N5. The van der Waals surface area contributed by atoms with E-state index in [-0.39, 0.29) is 5.92 Å². The molecule has 8 rings (SSSR count). The number of pyridine rings is 1. The molecule has 0 aliphatic heterocycles. The van der Waals surface area contributed by atoms with Gasteiger partial charge in [-0.05, 0) is 30.2 Å². The molecule has 1 aliphatic rings. The molecule has 0 amide bonds. The van der Waals surface area contributed by atoms with Gasteiger partial charge in [0.05, 0.1) is 46.3 Å². The van der Waals surface area contributed by atoms with Gasteiger partial charge in [0, 0.05) is 33.2 Å². The molecule has 0 saturated heterocycles. The fourth-order valence-corrected chi connectivity index (χ4v) is 6.11. The van der Waals surface area contributed by atoms with Gasteiger partial charge in [-0.25, -0.2) is 9.97 Å². The van der Waals surface area contributed by atoms with Gasteiger partial charge >= 0.3 is 0 Å². The molecule has 0 bridgehead atoms. The second-order valence-corrected chi connectivity index (χ2v) is 10.2. The SMILES string of the molecule is CC1C=CC=CC1c1cc2c3ccccc3n(-c3cnc(-n4c5ccccc5c5ccccc54)nc3)c2cn1. The molecular weight excluding hydrogens is 478 g/mol. The Balaban J connectivity index is 1.29. The second-order valence-electron chi connectivity index (χ2n) is 10.2. The zero-order valence-electron chi connectivity index (χ0n) is 21.4. The number of fused-ring (bicyclic) bond motifs is 6. The van der Waals surface area contributed by atoms with Gasteiger partial charge in [0.15, 0.2) is 0 Å². The topological polar surface area (TPSA) is 48.5 Å². The molecule has 7 aromatic rings. The average molecular weight is 504 g/mol. The van der Waals surface area contributed by atoms with Crippen LogP contribution in [0.15, 0.2) is 122 Å². The van der Waals surface area contributed by atoms with Crippen molar-refractivity contribution in [1.82, 2.24) is 24.1 Å². The standard InChI is InChI=1S/C34H25N5/c1-22-10-2-3-11-24(22)29-18-28-27-14-6-7-15-30(27)38(33(28)21-35-29)23-19-36-34(37-20-23)39-31-16-8-4-12-25(31)26-13-5-9-17-32(26)39/h2-22,24H,1H3. The van der Waals surface area contributed by atoms with Gasteiger partial charge in [0.2, 0.25) is 5.95 Å². The highest BCUT2D eigenvalue weighted by molar-refractivity contribution is 6.10. The zero-order valence-corrected chi connectivity index (χ0v) is 21.4. The van der Waals surface area contributed by atoms with Gasteiger partial charge in [0.25, 0.3) is 0 Å². The Bertz CT molecular complexity index is 2040. The first-order valence-corrected chi connectivity index (χ1v) is 13.3. The van der Waals surface area contributed by atoms with Crippen LogP contribution in [-0.4, -0.2) is 24.1 Å². The molecule has 4 aromatic heterocycles. The maximum atomic E-state index is 4.94. The van der Waals surface area contributed by atoms with E-state index in [0.717, 1.165) is 33.4 Å². The molecule has 2 atom stereocenters. The summed E-state index contributed by atoms with van der Waals surface area (Å²) in [5, 5.41) is 4.79. The van der Waals surface area contributed by atoms with E-state index in [4.69, 9.17) is 15.0 Å². The van der Waals surface area contributed by atoms with E-state index in [1.54, 1.807) is 0 Å². The van der Waals surface area contributed by atoms with Crippen molar-refractivity contribution in [3.8, 4) is 11.6 Å². The molecule has 5 heteroatoms. The number of rotatable bonds is 3. The molecule has 5 nitrogen and oxygen atoms in total. The van der Waals surface area contributed by atoms with Crippen molar-refractivity contribution in [3.05, 3.63) is 127 Å². The molecule has 39 heavy (non-hydrogen) atoms. The van der Waals surface area contributed by atoms with Crippen LogP contribution in [-0.2, 0) is 0 Å². The lowest BCUT2D eigenvalue weighted by Crippen LogP contribution is -2.09. The summed E-state index contributed by atoms with van der Waals surface area (Å²) in [6.07, 6.45) is 14.6. The van der Waals surface area contributed by atoms with E-state index in [1.165, 1.54) is 21.5 Å². The molecule has 1 aliphatic carbocycles. The Morgan fingerprint density at radius 2 is 1.13 bits per heavy atom. The molecule has 0 saturated carbocycles. The van der Waals surface area contributed by atoms with Crippen LogP contribution in [0.4, 0.5) is 0 Å². The van der Waals surface area contributed by atoms with Crippen LogP contribution in [0, 0.1) is 5.92 Å². The van der Waals surface area contributed by atoms with Crippen molar-refractivity contribution in [2.75, 3.05) is 0 Å². The van der Waals surface area contributed by atoms with Crippen LogP contribution in [0.5, 0.6) is 0 Å². The fraction of sp³-hybridized carbons (Fsp3) is 0.0882. The number of benzene rings is 3. The van der Waals surface area contributed by atoms with E-state index >= 15 is 0 Å². The van der Waals surface area contributed by atoms with Gasteiger partial charge < -0.3 is 4.57 Å². The van der Waals surface area contributed by atoms with E-state index in [1.807, 2.05) is 18.6 Å². The highest BCUT2D eigenvalue weighted by atomic mass is 15.2. The van der Waals surface area contributed by atoms with Crippen LogP contribution in [0.3, 0.4) is 0 Å². The summed E-state index contributed by atoms with van der Waals surface area (Å²) in [7, 11) is 0. The third-order valence-electron chi connectivity index (χ3n) is 8.00. The number of allylic oxidation sites excluding steroid dienone is 4. The van der Waals surface area contributed by atoms with E-state index in [0.29, 0.717) is 11.9 Å². The molecule has 2 unspecified atom stereocenters. The molecule has 3 aromatic carbocycles. The van der Waals surface area contributed by atoms with Crippen molar-refractivity contribution in [3.63, 3.8) is 0 Å². The number of aromatic nitrogens is 5. The quantitative estimate of drug-likeness (QED) is 0.246. The number of nitrogens with zero attached hydrogens (tertiary/aromatic N) is 5. The van der Waals surface area contributed by atoms with Gasteiger partial charge in [-0.1, -0.05) is 85.8 Å². The van der Waals surface area contributed by atoms with E-state index in [2.05, 4.69) is 119 Å². The van der Waals surface area contributed by atoms with Crippen LogP contribution in [0.1, 0.15) is 18.5 Å². The third kappa shape index (κ3) is 3.29. The minimum atomic E-state index is 0.273. The van der Waals surface area contributed by atoms with Crippen LogP contribution in [0.2, 0.25) is 0 Å². The van der Waals surface area contributed by atoms with Gasteiger partial charge in [-0.2, -0.15) is 0 Å². The average Bonchev–Trinajstić information content (AvgIpc) is 3.50. The lowest BCUT2D eigenvalue weighted by atomic mass is 9.87. The summed E-state index contributed by atoms with van der Waals surface area (Å²) >= 11 is 0. The smallest absolute Gasteiger partial charge is 0.234 e. The van der Waals surface area contributed by atoms with Gasteiger partial charge in [0.1, 0.15) is 0 Å². The Kier molecular flexibility index (Phi) is 4.79. The first kappa shape index (κ1) is 22.0. The number of para-hydroxylation sites is 3. The molecule has 0 N–H and O–H groups in total. The fourth-order valence-electron chi connectivity index (χ4n) is 6.11. The van der Waals surface area contributed by atoms with Crippen molar-refractivity contribution in [2.45, 2.75) is 12.8 Å². The maximum absolute atomic E-state index is 4.94. The predicted molar refractivity (Wildman–Crippen MR) is 159 cm³/mol. The van der Waals surface area contributed by atoms with E-state index in [9.17, 15) is 0 Å². The van der Waals surface area contributed by atoms with Crippen LogP contribution in [0.25, 0.3) is 55.2 Å². The first-order valence-electron chi connectivity index (χ1n) is 13.3. The number of hydrogen-bond acceptors (Lipinski definition) is 3. The van der Waals surface area contributed by atoms with Crippen molar-refractivity contribution >= 4 is 43.6 Å². The second kappa shape index (κ2) is 8.50. The summed E-state index contributed by atoms with van der Waals surface area (Å²) in [5.41, 5.74) is 6.37.